The Morgan fingerprint density at radius 1 is 1.29 bits per heavy atom. The van der Waals surface area contributed by atoms with Gasteiger partial charge >= 0.3 is 0 Å². The van der Waals surface area contributed by atoms with E-state index in [1.165, 1.54) is 47.3 Å². The quantitative estimate of drug-likeness (QED) is 0.378. The Labute approximate surface area is 223 Å². The maximum absolute atomic E-state index is 15.8. The average molecular weight is 542 g/mol. The summed E-state index contributed by atoms with van der Waals surface area (Å²) in [6, 6.07) is 7.28. The molecule has 0 saturated carbocycles. The van der Waals surface area contributed by atoms with E-state index in [2.05, 4.69) is 20.3 Å². The van der Waals surface area contributed by atoms with Crippen LogP contribution in [0.25, 0.3) is 10.9 Å². The second-order valence-electron chi connectivity index (χ2n) is 9.60. The lowest BCUT2D eigenvalue weighted by atomic mass is 9.88. The zero-order valence-corrected chi connectivity index (χ0v) is 22.0. The van der Waals surface area contributed by atoms with Crippen molar-refractivity contribution in [3.05, 3.63) is 58.1 Å². The van der Waals surface area contributed by atoms with Crippen molar-refractivity contribution in [3.63, 3.8) is 0 Å². The van der Waals surface area contributed by atoms with Gasteiger partial charge in [-0.3, -0.25) is 9.36 Å². The molecule has 3 heterocycles. The second kappa shape index (κ2) is 10.9. The van der Waals surface area contributed by atoms with Gasteiger partial charge in [0.25, 0.3) is 5.56 Å². The van der Waals surface area contributed by atoms with Crippen molar-refractivity contribution >= 4 is 40.1 Å². The Kier molecular flexibility index (Phi) is 7.54. The Balaban J connectivity index is 1.48. The molecule has 200 valence electrons. The van der Waals surface area contributed by atoms with E-state index in [0.717, 1.165) is 32.5 Å². The minimum Gasteiger partial charge on any atom is -0.373 e. The first-order valence-corrected chi connectivity index (χ1v) is 13.3. The monoisotopic (exact) mass is 541 g/mol. The van der Waals surface area contributed by atoms with Gasteiger partial charge < -0.3 is 20.1 Å². The Morgan fingerprint density at radius 3 is 2.79 bits per heavy atom. The van der Waals surface area contributed by atoms with Crippen LogP contribution in [0, 0.1) is 23.0 Å². The molecule has 2 aromatic carbocycles. The van der Waals surface area contributed by atoms with E-state index in [4.69, 9.17) is 4.74 Å². The molecule has 2 fully saturated rings. The zero-order valence-electron chi connectivity index (χ0n) is 21.2. The van der Waals surface area contributed by atoms with Crippen LogP contribution in [0.3, 0.4) is 0 Å². The van der Waals surface area contributed by atoms with Crippen LogP contribution >= 0.6 is 12.1 Å². The van der Waals surface area contributed by atoms with Crippen LogP contribution in [0.15, 0.2) is 35.4 Å². The van der Waals surface area contributed by atoms with Gasteiger partial charge in [-0.25, -0.2) is 18.1 Å². The molecule has 5 rings (SSSR count). The number of fused-ring (bicyclic) bond motifs is 1. The number of piperidine rings is 1. The number of benzene rings is 2. The molecule has 2 aliphatic heterocycles. The molecular formula is C26H29F2N7O2S. The van der Waals surface area contributed by atoms with Gasteiger partial charge in [-0.15, -0.1) is 0 Å². The Bertz CT molecular complexity index is 1450. The van der Waals surface area contributed by atoms with Gasteiger partial charge in [-0.05, 0) is 63.7 Å². The molecule has 1 atom stereocenters. The third-order valence-electron chi connectivity index (χ3n) is 7.27. The standard InChI is InChI=1S/C26H29F2N7O2S/c1-3-34(2)38-33-19-5-4-18(27)24(17(19)13-29)32-21-7-6-20-22(23(21)28)25(36)35(15-31-20)16-12-26(37-14-16)8-10-30-11-9-26/h4-7,15-16,30,32-33H,3,8-12,14H2,1-2H3. The number of aromatic nitrogens is 2. The summed E-state index contributed by atoms with van der Waals surface area (Å²) in [5.74, 6) is -1.58. The minimum atomic E-state index is -0.855. The molecule has 2 saturated heterocycles. The summed E-state index contributed by atoms with van der Waals surface area (Å²) in [7, 11) is 1.86. The van der Waals surface area contributed by atoms with Crippen LogP contribution < -0.4 is 20.9 Å². The molecule has 0 amide bonds. The van der Waals surface area contributed by atoms with E-state index in [1.54, 1.807) is 0 Å². The molecule has 0 radical (unpaired) electrons. The lowest BCUT2D eigenvalue weighted by Crippen LogP contribution is -2.41. The van der Waals surface area contributed by atoms with Crippen LogP contribution in [-0.4, -0.2) is 52.7 Å². The fourth-order valence-corrected chi connectivity index (χ4v) is 5.55. The molecule has 3 aromatic rings. The van der Waals surface area contributed by atoms with Crippen LogP contribution in [0.1, 0.15) is 37.8 Å². The first-order chi connectivity index (χ1) is 18.4. The van der Waals surface area contributed by atoms with E-state index < -0.39 is 17.2 Å². The van der Waals surface area contributed by atoms with Crippen LogP contribution in [0.2, 0.25) is 0 Å². The lowest BCUT2D eigenvalue weighted by Gasteiger charge is -2.32. The van der Waals surface area contributed by atoms with E-state index >= 15 is 4.39 Å². The zero-order chi connectivity index (χ0) is 26.9. The van der Waals surface area contributed by atoms with Crippen LogP contribution in [-0.2, 0) is 4.74 Å². The fraction of sp³-hybridized carbons (Fsp3) is 0.423. The molecule has 0 bridgehead atoms. The predicted molar refractivity (Wildman–Crippen MR) is 144 cm³/mol. The number of hydrogen-bond acceptors (Lipinski definition) is 9. The van der Waals surface area contributed by atoms with Gasteiger partial charge in [0.05, 0.1) is 47.2 Å². The Hall–Kier alpha value is -3.24. The summed E-state index contributed by atoms with van der Waals surface area (Å²) >= 11 is 1.25. The first-order valence-electron chi connectivity index (χ1n) is 12.5. The highest BCUT2D eigenvalue weighted by Gasteiger charge is 2.42. The number of ether oxygens (including phenoxy) is 1. The number of nitrogens with one attached hydrogen (secondary N) is 3. The highest BCUT2D eigenvalue weighted by Crippen LogP contribution is 2.39. The van der Waals surface area contributed by atoms with Gasteiger partial charge in [0, 0.05) is 18.7 Å². The number of halogens is 2. The predicted octanol–water partition coefficient (Wildman–Crippen LogP) is 4.30. The van der Waals surface area contributed by atoms with E-state index in [9.17, 15) is 14.4 Å². The van der Waals surface area contributed by atoms with Gasteiger partial charge in [-0.2, -0.15) is 5.26 Å². The summed E-state index contributed by atoms with van der Waals surface area (Å²) in [5, 5.41) is 15.6. The normalized spacial score (nSPS) is 18.7. The van der Waals surface area contributed by atoms with E-state index in [1.807, 2.05) is 24.3 Å². The average Bonchev–Trinajstić information content (AvgIpc) is 3.32. The van der Waals surface area contributed by atoms with Crippen LogP contribution in [0.4, 0.5) is 25.8 Å². The van der Waals surface area contributed by atoms with Crippen molar-refractivity contribution in [2.75, 3.05) is 43.3 Å². The summed E-state index contributed by atoms with van der Waals surface area (Å²) in [4.78, 5) is 17.8. The topological polar surface area (TPSA) is 107 Å². The van der Waals surface area contributed by atoms with Gasteiger partial charge in [0.15, 0.2) is 5.82 Å². The maximum atomic E-state index is 15.8. The molecule has 1 aromatic heterocycles. The number of rotatable bonds is 7. The summed E-state index contributed by atoms with van der Waals surface area (Å²) in [6.07, 6.45) is 3.81. The third kappa shape index (κ3) is 4.94. The molecule has 9 nitrogen and oxygen atoms in total. The third-order valence-corrected chi connectivity index (χ3v) is 8.15. The summed E-state index contributed by atoms with van der Waals surface area (Å²) < 4.78 is 43.2. The second-order valence-corrected chi connectivity index (χ2v) is 10.6. The van der Waals surface area contributed by atoms with Gasteiger partial charge in [0.1, 0.15) is 22.8 Å². The summed E-state index contributed by atoms with van der Waals surface area (Å²) in [6.45, 7) is 4.77. The van der Waals surface area contributed by atoms with Crippen molar-refractivity contribution in [2.45, 2.75) is 37.8 Å². The van der Waals surface area contributed by atoms with Crippen molar-refractivity contribution in [1.29, 1.82) is 5.26 Å². The molecule has 1 spiro atoms. The van der Waals surface area contributed by atoms with Crippen molar-refractivity contribution in [2.24, 2.45) is 0 Å². The minimum absolute atomic E-state index is 0.0135. The number of hydrogen-bond donors (Lipinski definition) is 3. The van der Waals surface area contributed by atoms with Crippen LogP contribution in [0.5, 0.6) is 0 Å². The Morgan fingerprint density at radius 2 is 2.05 bits per heavy atom. The molecule has 12 heteroatoms. The van der Waals surface area contributed by atoms with Gasteiger partial charge in [0.2, 0.25) is 0 Å². The first kappa shape index (κ1) is 26.4. The molecule has 1 unspecified atom stereocenters. The van der Waals surface area contributed by atoms with Crippen molar-refractivity contribution < 1.29 is 13.5 Å². The lowest BCUT2D eigenvalue weighted by molar-refractivity contribution is -0.0196. The fourth-order valence-electron chi connectivity index (χ4n) is 5.00. The molecule has 38 heavy (non-hydrogen) atoms. The maximum Gasteiger partial charge on any atom is 0.264 e. The van der Waals surface area contributed by atoms with E-state index in [0.29, 0.717) is 18.7 Å². The van der Waals surface area contributed by atoms with Gasteiger partial charge in [-0.1, -0.05) is 6.92 Å². The van der Waals surface area contributed by atoms with E-state index in [-0.39, 0.29) is 39.5 Å². The number of nitrogens with zero attached hydrogens (tertiary/aromatic N) is 4. The smallest absolute Gasteiger partial charge is 0.264 e. The highest BCUT2D eigenvalue weighted by atomic mass is 32.2. The molecule has 0 aliphatic carbocycles. The number of anilines is 3. The molecular weight excluding hydrogens is 512 g/mol. The SMILES string of the molecule is CCN(C)SNc1ccc(F)c(Nc2ccc3ncn(C4COC5(CCNCC5)C4)c(=O)c3c2F)c1C#N. The van der Waals surface area contributed by atoms with Crippen molar-refractivity contribution in [3.8, 4) is 6.07 Å². The highest BCUT2D eigenvalue weighted by molar-refractivity contribution is 7.98. The molecule has 2 aliphatic rings. The van der Waals surface area contributed by atoms with Crippen molar-refractivity contribution in [1.82, 2.24) is 19.2 Å². The largest absolute Gasteiger partial charge is 0.373 e. The molecule has 3 N–H and O–H groups in total. The number of nitriles is 1. The summed E-state index contributed by atoms with van der Waals surface area (Å²) in [5.41, 5.74) is -0.554.